The Balaban J connectivity index is 1.93. The van der Waals surface area contributed by atoms with Gasteiger partial charge in [-0.1, -0.05) is 24.8 Å². The number of hydrogen-bond donors (Lipinski definition) is 0. The van der Waals surface area contributed by atoms with Gasteiger partial charge in [-0.05, 0) is 31.6 Å². The van der Waals surface area contributed by atoms with E-state index in [9.17, 15) is 9.59 Å². The van der Waals surface area contributed by atoms with Crippen LogP contribution in [0.25, 0.3) is 0 Å². The number of nitrogens with zero attached hydrogens (tertiary/aromatic N) is 3. The first kappa shape index (κ1) is 17.1. The van der Waals surface area contributed by atoms with Gasteiger partial charge in [0.2, 0.25) is 11.8 Å². The van der Waals surface area contributed by atoms with Gasteiger partial charge in [0.05, 0.1) is 6.54 Å². The number of para-hydroxylation sites is 1. The van der Waals surface area contributed by atoms with Gasteiger partial charge >= 0.3 is 0 Å². The molecule has 0 spiro atoms. The van der Waals surface area contributed by atoms with Crippen LogP contribution < -0.4 is 4.90 Å². The van der Waals surface area contributed by atoms with Gasteiger partial charge in [-0.15, -0.1) is 0 Å². The Kier molecular flexibility index (Phi) is 6.20. The SMILES string of the molecule is C=CC(=O)N(CC)CC(=O)N1CCCN(c2ccccc2)CC1. The highest BCUT2D eigenvalue weighted by Crippen LogP contribution is 2.15. The van der Waals surface area contributed by atoms with Crippen molar-refractivity contribution in [2.45, 2.75) is 13.3 Å². The molecular weight excluding hydrogens is 290 g/mol. The first-order valence-corrected chi connectivity index (χ1v) is 8.14. The van der Waals surface area contributed by atoms with Gasteiger partial charge in [0.15, 0.2) is 0 Å². The Morgan fingerprint density at radius 1 is 1.17 bits per heavy atom. The van der Waals surface area contributed by atoms with Gasteiger partial charge in [0.1, 0.15) is 0 Å². The minimum atomic E-state index is -0.193. The third kappa shape index (κ3) is 4.58. The van der Waals surface area contributed by atoms with E-state index in [1.165, 1.54) is 16.7 Å². The van der Waals surface area contributed by atoms with Gasteiger partial charge in [-0.25, -0.2) is 0 Å². The molecule has 1 aliphatic heterocycles. The molecule has 23 heavy (non-hydrogen) atoms. The number of carbonyl (C=O) groups excluding carboxylic acids is 2. The lowest BCUT2D eigenvalue weighted by molar-refractivity contribution is -0.137. The highest BCUT2D eigenvalue weighted by atomic mass is 16.2. The molecule has 1 fully saturated rings. The van der Waals surface area contributed by atoms with Crippen LogP contribution in [-0.4, -0.2) is 60.9 Å². The van der Waals surface area contributed by atoms with Crippen LogP contribution in [-0.2, 0) is 9.59 Å². The molecule has 1 heterocycles. The van der Waals surface area contributed by atoms with Crippen molar-refractivity contribution < 1.29 is 9.59 Å². The Labute approximate surface area is 138 Å². The molecule has 0 bridgehead atoms. The third-order valence-corrected chi connectivity index (χ3v) is 4.16. The maximum atomic E-state index is 12.5. The average molecular weight is 315 g/mol. The van der Waals surface area contributed by atoms with E-state index in [2.05, 4.69) is 23.6 Å². The van der Waals surface area contributed by atoms with Gasteiger partial charge in [0, 0.05) is 38.4 Å². The first-order chi connectivity index (χ1) is 11.2. The number of amides is 2. The van der Waals surface area contributed by atoms with Crippen LogP contribution >= 0.6 is 0 Å². The number of carbonyl (C=O) groups is 2. The molecule has 1 aromatic rings. The minimum absolute atomic E-state index is 0.0111. The quantitative estimate of drug-likeness (QED) is 0.778. The van der Waals surface area contributed by atoms with Gasteiger partial charge < -0.3 is 14.7 Å². The van der Waals surface area contributed by atoms with Crippen LogP contribution in [0, 0.1) is 0 Å². The predicted molar refractivity (Wildman–Crippen MR) is 92.3 cm³/mol. The van der Waals surface area contributed by atoms with Crippen molar-refractivity contribution >= 4 is 17.5 Å². The minimum Gasteiger partial charge on any atom is -0.370 e. The van der Waals surface area contributed by atoms with Crippen LogP contribution in [0.15, 0.2) is 43.0 Å². The summed E-state index contributed by atoms with van der Waals surface area (Å²) in [4.78, 5) is 29.8. The maximum Gasteiger partial charge on any atom is 0.246 e. The number of anilines is 1. The Morgan fingerprint density at radius 3 is 2.57 bits per heavy atom. The monoisotopic (exact) mass is 315 g/mol. The van der Waals surface area contributed by atoms with Crippen molar-refractivity contribution in [2.75, 3.05) is 44.2 Å². The molecule has 0 aliphatic carbocycles. The predicted octanol–water partition coefficient (Wildman–Crippen LogP) is 1.76. The maximum absolute atomic E-state index is 12.5. The highest BCUT2D eigenvalue weighted by Gasteiger charge is 2.21. The molecule has 0 saturated carbocycles. The van der Waals surface area contributed by atoms with Crippen LogP contribution in [0.2, 0.25) is 0 Å². The van der Waals surface area contributed by atoms with E-state index in [-0.39, 0.29) is 18.4 Å². The van der Waals surface area contributed by atoms with Gasteiger partial charge in [-0.3, -0.25) is 9.59 Å². The van der Waals surface area contributed by atoms with Crippen molar-refractivity contribution in [2.24, 2.45) is 0 Å². The largest absolute Gasteiger partial charge is 0.370 e. The van der Waals surface area contributed by atoms with E-state index in [0.29, 0.717) is 13.1 Å². The molecule has 124 valence electrons. The van der Waals surface area contributed by atoms with E-state index in [1.807, 2.05) is 30.0 Å². The molecule has 0 N–H and O–H groups in total. The Morgan fingerprint density at radius 2 is 1.91 bits per heavy atom. The lowest BCUT2D eigenvalue weighted by Gasteiger charge is -2.26. The van der Waals surface area contributed by atoms with E-state index in [1.54, 1.807) is 0 Å². The van der Waals surface area contributed by atoms with Crippen LogP contribution in [0.3, 0.4) is 0 Å². The molecule has 1 aromatic carbocycles. The number of rotatable bonds is 5. The average Bonchev–Trinajstić information content (AvgIpc) is 2.85. The van der Waals surface area contributed by atoms with Gasteiger partial charge in [0.25, 0.3) is 0 Å². The summed E-state index contributed by atoms with van der Waals surface area (Å²) >= 11 is 0. The zero-order valence-corrected chi connectivity index (χ0v) is 13.8. The highest BCUT2D eigenvalue weighted by molar-refractivity contribution is 5.90. The van der Waals surface area contributed by atoms with Crippen molar-refractivity contribution in [1.29, 1.82) is 0 Å². The third-order valence-electron chi connectivity index (χ3n) is 4.16. The second kappa shape index (κ2) is 8.36. The summed E-state index contributed by atoms with van der Waals surface area (Å²) < 4.78 is 0. The number of benzene rings is 1. The Bertz CT molecular complexity index is 544. The molecule has 0 aromatic heterocycles. The van der Waals surface area contributed by atoms with Crippen molar-refractivity contribution in [1.82, 2.24) is 9.80 Å². The summed E-state index contributed by atoms with van der Waals surface area (Å²) in [5.74, 6) is -0.182. The topological polar surface area (TPSA) is 43.9 Å². The molecule has 1 saturated heterocycles. The fourth-order valence-electron chi connectivity index (χ4n) is 2.80. The molecule has 0 radical (unpaired) electrons. The van der Waals surface area contributed by atoms with Crippen LogP contribution in [0.5, 0.6) is 0 Å². The molecule has 5 nitrogen and oxygen atoms in total. The summed E-state index contributed by atoms with van der Waals surface area (Å²) in [6.07, 6.45) is 2.19. The summed E-state index contributed by atoms with van der Waals surface area (Å²) in [6.45, 7) is 9.18. The standard InChI is InChI=1S/C18H25N3O2/c1-3-17(22)19(4-2)15-18(23)21-12-8-11-20(13-14-21)16-9-6-5-7-10-16/h3,5-7,9-10H,1,4,8,11-15H2,2H3. The normalized spacial score (nSPS) is 15.0. The molecule has 1 aliphatic rings. The summed E-state index contributed by atoms with van der Waals surface area (Å²) in [5.41, 5.74) is 1.19. The molecule has 2 amide bonds. The molecule has 0 unspecified atom stereocenters. The van der Waals surface area contributed by atoms with E-state index < -0.39 is 0 Å². The number of likely N-dealkylation sites (N-methyl/N-ethyl adjacent to an activating group) is 1. The zero-order chi connectivity index (χ0) is 16.7. The lowest BCUT2D eigenvalue weighted by Crippen LogP contribution is -2.43. The smallest absolute Gasteiger partial charge is 0.246 e. The van der Waals surface area contributed by atoms with E-state index in [0.717, 1.165) is 26.1 Å². The first-order valence-electron chi connectivity index (χ1n) is 8.14. The fourth-order valence-corrected chi connectivity index (χ4v) is 2.80. The van der Waals surface area contributed by atoms with E-state index in [4.69, 9.17) is 0 Å². The molecule has 2 rings (SSSR count). The van der Waals surface area contributed by atoms with Crippen LogP contribution in [0.1, 0.15) is 13.3 Å². The van der Waals surface area contributed by atoms with Crippen LogP contribution in [0.4, 0.5) is 5.69 Å². The van der Waals surface area contributed by atoms with Crippen molar-refractivity contribution in [3.05, 3.63) is 43.0 Å². The second-order valence-corrected chi connectivity index (χ2v) is 5.61. The van der Waals surface area contributed by atoms with Gasteiger partial charge in [-0.2, -0.15) is 0 Å². The molecule has 0 atom stereocenters. The lowest BCUT2D eigenvalue weighted by atomic mass is 10.3. The number of hydrogen-bond acceptors (Lipinski definition) is 3. The summed E-state index contributed by atoms with van der Waals surface area (Å²) in [6, 6.07) is 10.3. The van der Waals surface area contributed by atoms with E-state index >= 15 is 0 Å². The molecular formula is C18H25N3O2. The Hall–Kier alpha value is -2.30. The zero-order valence-electron chi connectivity index (χ0n) is 13.8. The second-order valence-electron chi connectivity index (χ2n) is 5.61. The fraction of sp³-hybridized carbons (Fsp3) is 0.444. The molecule has 5 heteroatoms. The summed E-state index contributed by atoms with van der Waals surface area (Å²) in [7, 11) is 0. The van der Waals surface area contributed by atoms with Crippen molar-refractivity contribution in [3.8, 4) is 0 Å². The summed E-state index contributed by atoms with van der Waals surface area (Å²) in [5, 5.41) is 0. The van der Waals surface area contributed by atoms with Crippen molar-refractivity contribution in [3.63, 3.8) is 0 Å².